The molecule has 1 amide bonds. The zero-order valence-electron chi connectivity index (χ0n) is 15.9. The molecule has 0 aliphatic carbocycles. The van der Waals surface area contributed by atoms with Crippen molar-refractivity contribution in [1.82, 2.24) is 9.80 Å². The fourth-order valence-corrected chi connectivity index (χ4v) is 4.35. The second-order valence-electron chi connectivity index (χ2n) is 7.65. The van der Waals surface area contributed by atoms with Gasteiger partial charge in [0.25, 0.3) is 5.91 Å². The van der Waals surface area contributed by atoms with Gasteiger partial charge in [-0.2, -0.15) is 0 Å². The van der Waals surface area contributed by atoms with E-state index in [9.17, 15) is 4.79 Å². The summed E-state index contributed by atoms with van der Waals surface area (Å²) in [6, 6.07) is 10.9. The SMILES string of the molecule is Cc1cc(-c2ccc(C(C)(C)N(C)C)cc2)sc1C(=O)N1CCCC1. The Hall–Kier alpha value is -1.65. The van der Waals surface area contributed by atoms with Gasteiger partial charge in [0.15, 0.2) is 0 Å². The molecule has 1 saturated heterocycles. The van der Waals surface area contributed by atoms with Crippen molar-refractivity contribution in [3.05, 3.63) is 46.3 Å². The van der Waals surface area contributed by atoms with Crippen LogP contribution in [0.15, 0.2) is 30.3 Å². The lowest BCUT2D eigenvalue weighted by Crippen LogP contribution is -2.35. The maximum atomic E-state index is 12.7. The van der Waals surface area contributed by atoms with Gasteiger partial charge < -0.3 is 9.80 Å². The molecule has 1 fully saturated rings. The zero-order chi connectivity index (χ0) is 18.2. The molecule has 2 aromatic rings. The predicted octanol–water partition coefficient (Wildman–Crippen LogP) is 4.76. The minimum Gasteiger partial charge on any atom is -0.338 e. The number of aryl methyl sites for hydroxylation is 1. The maximum absolute atomic E-state index is 12.7. The Morgan fingerprint density at radius 3 is 2.28 bits per heavy atom. The molecule has 0 saturated carbocycles. The van der Waals surface area contributed by atoms with E-state index in [1.165, 1.54) is 16.0 Å². The molecule has 4 heteroatoms. The van der Waals surface area contributed by atoms with Gasteiger partial charge in [0.2, 0.25) is 0 Å². The Bertz CT molecular complexity index is 753. The number of likely N-dealkylation sites (tertiary alicyclic amines) is 1. The van der Waals surface area contributed by atoms with E-state index in [4.69, 9.17) is 0 Å². The number of thiophene rings is 1. The molecule has 134 valence electrons. The number of carbonyl (C=O) groups excluding carboxylic acids is 1. The topological polar surface area (TPSA) is 23.6 Å². The molecule has 25 heavy (non-hydrogen) atoms. The van der Waals surface area contributed by atoms with E-state index in [-0.39, 0.29) is 11.4 Å². The van der Waals surface area contributed by atoms with Crippen molar-refractivity contribution in [3.8, 4) is 10.4 Å². The minimum atomic E-state index is 0.000770. The Morgan fingerprint density at radius 2 is 1.72 bits per heavy atom. The highest BCUT2D eigenvalue weighted by molar-refractivity contribution is 7.17. The Morgan fingerprint density at radius 1 is 1.12 bits per heavy atom. The molecule has 1 aliphatic heterocycles. The summed E-state index contributed by atoms with van der Waals surface area (Å²) in [6.45, 7) is 8.31. The normalized spacial score (nSPS) is 15.2. The molecule has 1 aromatic carbocycles. The standard InChI is InChI=1S/C21H28N2OS/c1-15-14-18(25-19(15)20(24)23-12-6-7-13-23)16-8-10-17(11-9-16)21(2,3)22(4)5/h8-11,14H,6-7,12-13H2,1-5H3. The van der Waals surface area contributed by atoms with Crippen LogP contribution in [0.5, 0.6) is 0 Å². The van der Waals surface area contributed by atoms with Crippen molar-refractivity contribution < 1.29 is 4.79 Å². The molecule has 0 radical (unpaired) electrons. The summed E-state index contributed by atoms with van der Waals surface area (Å²) in [4.78, 5) is 19.0. The van der Waals surface area contributed by atoms with Gasteiger partial charge in [-0.3, -0.25) is 4.79 Å². The van der Waals surface area contributed by atoms with Crippen LogP contribution in [0.1, 0.15) is 47.5 Å². The second kappa shape index (κ2) is 6.93. The highest BCUT2D eigenvalue weighted by Crippen LogP contribution is 2.34. The fraction of sp³-hybridized carbons (Fsp3) is 0.476. The van der Waals surface area contributed by atoms with Gasteiger partial charge in [0.1, 0.15) is 0 Å². The van der Waals surface area contributed by atoms with Crippen molar-refractivity contribution in [2.45, 2.75) is 39.2 Å². The molecular formula is C21H28N2OS. The van der Waals surface area contributed by atoms with Gasteiger partial charge in [0.05, 0.1) is 4.88 Å². The lowest BCUT2D eigenvalue weighted by Gasteiger charge is -2.33. The maximum Gasteiger partial charge on any atom is 0.264 e. The van der Waals surface area contributed by atoms with Gasteiger partial charge in [-0.05, 0) is 70.5 Å². The van der Waals surface area contributed by atoms with E-state index in [1.807, 2.05) is 11.8 Å². The first-order chi connectivity index (χ1) is 11.8. The summed E-state index contributed by atoms with van der Waals surface area (Å²) in [6.07, 6.45) is 2.26. The highest BCUT2D eigenvalue weighted by atomic mass is 32.1. The number of benzene rings is 1. The number of hydrogen-bond donors (Lipinski definition) is 0. The van der Waals surface area contributed by atoms with Crippen LogP contribution in [0.4, 0.5) is 0 Å². The van der Waals surface area contributed by atoms with Crippen LogP contribution in [0.25, 0.3) is 10.4 Å². The third-order valence-electron chi connectivity index (χ3n) is 5.50. The van der Waals surface area contributed by atoms with Crippen molar-refractivity contribution in [3.63, 3.8) is 0 Å². The summed E-state index contributed by atoms with van der Waals surface area (Å²) in [7, 11) is 4.21. The van der Waals surface area contributed by atoms with Gasteiger partial charge in [-0.25, -0.2) is 0 Å². The summed E-state index contributed by atoms with van der Waals surface area (Å²) in [5, 5.41) is 0. The first-order valence-electron chi connectivity index (χ1n) is 8.99. The van der Waals surface area contributed by atoms with Crippen LogP contribution in [0.3, 0.4) is 0 Å². The van der Waals surface area contributed by atoms with Crippen molar-refractivity contribution in [1.29, 1.82) is 0 Å². The van der Waals surface area contributed by atoms with Crippen LogP contribution < -0.4 is 0 Å². The van der Waals surface area contributed by atoms with E-state index < -0.39 is 0 Å². The van der Waals surface area contributed by atoms with Crippen molar-refractivity contribution in [2.24, 2.45) is 0 Å². The molecule has 2 heterocycles. The average Bonchev–Trinajstić information content (AvgIpc) is 3.24. The lowest BCUT2D eigenvalue weighted by molar-refractivity contribution is 0.0797. The van der Waals surface area contributed by atoms with E-state index in [2.05, 4.69) is 63.2 Å². The minimum absolute atomic E-state index is 0.000770. The first-order valence-corrected chi connectivity index (χ1v) is 9.80. The smallest absolute Gasteiger partial charge is 0.264 e. The summed E-state index contributed by atoms with van der Waals surface area (Å²) in [5.74, 6) is 0.205. The molecule has 0 atom stereocenters. The second-order valence-corrected chi connectivity index (χ2v) is 8.71. The van der Waals surface area contributed by atoms with Gasteiger partial charge >= 0.3 is 0 Å². The van der Waals surface area contributed by atoms with Crippen LogP contribution in [0.2, 0.25) is 0 Å². The quantitative estimate of drug-likeness (QED) is 0.789. The molecule has 1 aliphatic rings. The van der Waals surface area contributed by atoms with Gasteiger partial charge in [-0.1, -0.05) is 24.3 Å². The zero-order valence-corrected chi connectivity index (χ0v) is 16.7. The monoisotopic (exact) mass is 356 g/mol. The third kappa shape index (κ3) is 3.51. The van der Waals surface area contributed by atoms with E-state index >= 15 is 0 Å². The number of carbonyl (C=O) groups is 1. The van der Waals surface area contributed by atoms with Crippen molar-refractivity contribution in [2.75, 3.05) is 27.2 Å². The van der Waals surface area contributed by atoms with E-state index in [0.29, 0.717) is 0 Å². The number of hydrogen-bond acceptors (Lipinski definition) is 3. The first kappa shape index (κ1) is 18.2. The number of nitrogens with zero attached hydrogens (tertiary/aromatic N) is 2. The lowest BCUT2D eigenvalue weighted by atomic mass is 9.92. The molecule has 3 rings (SSSR count). The van der Waals surface area contributed by atoms with Gasteiger partial charge in [-0.15, -0.1) is 11.3 Å². The van der Waals surface area contributed by atoms with Crippen LogP contribution in [-0.2, 0) is 5.54 Å². The molecule has 0 unspecified atom stereocenters. The van der Waals surface area contributed by atoms with Gasteiger partial charge in [0, 0.05) is 23.5 Å². The molecule has 3 nitrogen and oxygen atoms in total. The largest absolute Gasteiger partial charge is 0.338 e. The van der Waals surface area contributed by atoms with Crippen LogP contribution >= 0.6 is 11.3 Å². The third-order valence-corrected chi connectivity index (χ3v) is 6.77. The molecular weight excluding hydrogens is 328 g/mol. The van der Waals surface area contributed by atoms with Crippen LogP contribution in [-0.4, -0.2) is 42.9 Å². The van der Waals surface area contributed by atoms with Crippen LogP contribution in [0, 0.1) is 6.92 Å². The summed E-state index contributed by atoms with van der Waals surface area (Å²) >= 11 is 1.63. The van der Waals surface area contributed by atoms with Crippen molar-refractivity contribution >= 4 is 17.2 Å². The Labute approximate surface area is 155 Å². The van der Waals surface area contributed by atoms with E-state index in [1.54, 1.807) is 11.3 Å². The van der Waals surface area contributed by atoms with E-state index in [0.717, 1.165) is 36.4 Å². The highest BCUT2D eigenvalue weighted by Gasteiger charge is 2.24. The Balaban J connectivity index is 1.85. The molecule has 1 aromatic heterocycles. The average molecular weight is 357 g/mol. The summed E-state index contributed by atoms with van der Waals surface area (Å²) < 4.78 is 0. The summed E-state index contributed by atoms with van der Waals surface area (Å²) in [5.41, 5.74) is 3.57. The number of rotatable bonds is 4. The predicted molar refractivity (Wildman–Crippen MR) is 106 cm³/mol. The Kier molecular flexibility index (Phi) is 5.03. The molecule has 0 spiro atoms. The number of amides is 1. The molecule has 0 bridgehead atoms. The molecule has 0 N–H and O–H groups in total. The fourth-order valence-electron chi connectivity index (χ4n) is 3.20.